The number of benzene rings is 1. The van der Waals surface area contributed by atoms with Gasteiger partial charge in [-0.25, -0.2) is 9.97 Å². The Bertz CT molecular complexity index is 674. The smallest absolute Gasteiger partial charge is 0.159 e. The maximum atomic E-state index is 4.40. The maximum absolute atomic E-state index is 4.40. The minimum atomic E-state index is 0.753. The normalized spacial score (nSPS) is 10.4. The van der Waals surface area contributed by atoms with E-state index >= 15 is 0 Å². The average molecular weight is 281 g/mol. The van der Waals surface area contributed by atoms with Crippen molar-refractivity contribution < 1.29 is 0 Å². The fourth-order valence-corrected chi connectivity index (χ4v) is 2.77. The molecule has 0 fully saturated rings. The molecule has 0 amide bonds. The third-order valence-corrected chi connectivity index (χ3v) is 4.13. The van der Waals surface area contributed by atoms with Crippen molar-refractivity contribution in [2.75, 3.05) is 5.32 Å². The molecule has 0 aliphatic carbocycles. The van der Waals surface area contributed by atoms with Crippen molar-refractivity contribution in [3.05, 3.63) is 64.6 Å². The van der Waals surface area contributed by atoms with Crippen LogP contribution in [0.15, 0.2) is 54.2 Å². The van der Waals surface area contributed by atoms with E-state index in [-0.39, 0.29) is 0 Å². The van der Waals surface area contributed by atoms with Gasteiger partial charge in [0.05, 0.1) is 18.1 Å². The van der Waals surface area contributed by atoms with Crippen LogP contribution in [-0.4, -0.2) is 9.97 Å². The van der Waals surface area contributed by atoms with Gasteiger partial charge in [-0.1, -0.05) is 30.3 Å². The Morgan fingerprint density at radius 1 is 1.05 bits per heavy atom. The van der Waals surface area contributed by atoms with Gasteiger partial charge in [-0.2, -0.15) is 0 Å². The molecule has 100 valence electrons. The lowest BCUT2D eigenvalue weighted by Crippen LogP contribution is -2.00. The summed E-state index contributed by atoms with van der Waals surface area (Å²) in [4.78, 5) is 10.1. The molecule has 2 heterocycles. The minimum absolute atomic E-state index is 0.753. The largest absolute Gasteiger partial charge is 0.378 e. The molecule has 2 aromatic heterocycles. The molecule has 4 heteroatoms. The molecule has 0 aliphatic rings. The first kappa shape index (κ1) is 12.8. The van der Waals surface area contributed by atoms with Crippen molar-refractivity contribution in [2.45, 2.75) is 13.5 Å². The molecule has 0 aliphatic heterocycles. The van der Waals surface area contributed by atoms with E-state index in [9.17, 15) is 0 Å². The van der Waals surface area contributed by atoms with E-state index in [4.69, 9.17) is 0 Å². The first-order valence-corrected chi connectivity index (χ1v) is 7.35. The van der Waals surface area contributed by atoms with Gasteiger partial charge in [-0.05, 0) is 23.9 Å². The monoisotopic (exact) mass is 281 g/mol. The summed E-state index contributed by atoms with van der Waals surface area (Å²) >= 11 is 1.77. The third kappa shape index (κ3) is 2.86. The van der Waals surface area contributed by atoms with E-state index < -0.39 is 0 Å². The Hall–Kier alpha value is -2.20. The molecule has 3 aromatic rings. The van der Waals surface area contributed by atoms with Gasteiger partial charge < -0.3 is 5.32 Å². The van der Waals surface area contributed by atoms with Gasteiger partial charge in [0.15, 0.2) is 5.82 Å². The lowest BCUT2D eigenvalue weighted by molar-refractivity contribution is 1.11. The molecular formula is C16H15N3S. The van der Waals surface area contributed by atoms with E-state index in [1.165, 1.54) is 10.4 Å². The van der Waals surface area contributed by atoms with Crippen molar-refractivity contribution in [3.8, 4) is 11.4 Å². The summed E-state index contributed by atoms with van der Waals surface area (Å²) in [6.07, 6.45) is 3.66. The van der Waals surface area contributed by atoms with E-state index in [0.717, 1.165) is 23.6 Å². The summed E-state index contributed by atoms with van der Waals surface area (Å²) in [5.41, 5.74) is 3.30. The topological polar surface area (TPSA) is 37.8 Å². The van der Waals surface area contributed by atoms with Gasteiger partial charge in [0.1, 0.15) is 0 Å². The summed E-state index contributed by atoms with van der Waals surface area (Å²) in [5.74, 6) is 0.753. The lowest BCUT2D eigenvalue weighted by Gasteiger charge is -2.06. The molecule has 0 spiro atoms. The molecule has 1 N–H and O–H groups in total. The van der Waals surface area contributed by atoms with E-state index in [0.29, 0.717) is 0 Å². The number of nitrogens with zero attached hydrogens (tertiary/aromatic N) is 2. The molecule has 1 aromatic carbocycles. The summed E-state index contributed by atoms with van der Waals surface area (Å²) in [6.45, 7) is 2.94. The number of anilines is 1. The van der Waals surface area contributed by atoms with Crippen molar-refractivity contribution in [1.29, 1.82) is 0 Å². The summed E-state index contributed by atoms with van der Waals surface area (Å²) in [6, 6.07) is 12.1. The van der Waals surface area contributed by atoms with Crippen LogP contribution in [0.1, 0.15) is 10.4 Å². The van der Waals surface area contributed by atoms with E-state index in [1.807, 2.05) is 42.7 Å². The molecule has 20 heavy (non-hydrogen) atoms. The predicted molar refractivity (Wildman–Crippen MR) is 83.9 cm³/mol. The number of rotatable bonds is 4. The van der Waals surface area contributed by atoms with E-state index in [2.05, 4.69) is 33.7 Å². The Balaban J connectivity index is 1.69. The second kappa shape index (κ2) is 5.84. The zero-order valence-corrected chi connectivity index (χ0v) is 12.0. The minimum Gasteiger partial charge on any atom is -0.378 e. The highest BCUT2D eigenvalue weighted by Crippen LogP contribution is 2.18. The van der Waals surface area contributed by atoms with Crippen LogP contribution in [0.5, 0.6) is 0 Å². The number of aromatic nitrogens is 2. The van der Waals surface area contributed by atoms with Crippen LogP contribution in [0.3, 0.4) is 0 Å². The number of aryl methyl sites for hydroxylation is 1. The Kier molecular flexibility index (Phi) is 3.74. The first-order valence-electron chi connectivity index (χ1n) is 6.47. The quantitative estimate of drug-likeness (QED) is 0.781. The van der Waals surface area contributed by atoms with Crippen LogP contribution in [-0.2, 0) is 6.54 Å². The Labute approximate surface area is 122 Å². The van der Waals surface area contributed by atoms with Crippen LogP contribution >= 0.6 is 11.3 Å². The van der Waals surface area contributed by atoms with Crippen molar-refractivity contribution in [1.82, 2.24) is 9.97 Å². The average Bonchev–Trinajstić information content (AvgIpc) is 2.92. The third-order valence-electron chi connectivity index (χ3n) is 3.11. The molecular weight excluding hydrogens is 266 g/mol. The number of hydrogen-bond donors (Lipinski definition) is 1. The standard InChI is InChI=1S/C16H15N3S/c1-12-7-8-20-15(12)11-17-14-9-18-16(19-10-14)13-5-3-2-4-6-13/h2-10,17H,11H2,1H3. The van der Waals surface area contributed by atoms with Crippen LogP contribution in [0.25, 0.3) is 11.4 Å². The second-order valence-corrected chi connectivity index (χ2v) is 5.54. The van der Waals surface area contributed by atoms with Gasteiger partial charge in [0.2, 0.25) is 0 Å². The molecule has 0 saturated carbocycles. The predicted octanol–water partition coefficient (Wildman–Crippen LogP) is 4.13. The van der Waals surface area contributed by atoms with Gasteiger partial charge in [-0.15, -0.1) is 11.3 Å². The van der Waals surface area contributed by atoms with Crippen LogP contribution in [0, 0.1) is 6.92 Å². The molecule has 3 nitrogen and oxygen atoms in total. The van der Waals surface area contributed by atoms with Crippen LogP contribution in [0.2, 0.25) is 0 Å². The Morgan fingerprint density at radius 2 is 1.80 bits per heavy atom. The van der Waals surface area contributed by atoms with Gasteiger partial charge in [0, 0.05) is 17.0 Å². The number of hydrogen-bond acceptors (Lipinski definition) is 4. The molecule has 0 bridgehead atoms. The zero-order chi connectivity index (χ0) is 13.8. The number of thiophene rings is 1. The first-order chi connectivity index (χ1) is 9.83. The van der Waals surface area contributed by atoms with E-state index in [1.54, 1.807) is 11.3 Å². The molecule has 0 radical (unpaired) electrons. The highest BCUT2D eigenvalue weighted by molar-refractivity contribution is 7.10. The summed E-state index contributed by atoms with van der Waals surface area (Å²) in [7, 11) is 0. The van der Waals surface area contributed by atoms with Gasteiger partial charge >= 0.3 is 0 Å². The van der Waals surface area contributed by atoms with Crippen molar-refractivity contribution >= 4 is 17.0 Å². The van der Waals surface area contributed by atoms with Gasteiger partial charge in [-0.3, -0.25) is 0 Å². The highest BCUT2D eigenvalue weighted by atomic mass is 32.1. The zero-order valence-electron chi connectivity index (χ0n) is 11.2. The fourth-order valence-electron chi connectivity index (χ4n) is 1.92. The van der Waals surface area contributed by atoms with Crippen LogP contribution in [0.4, 0.5) is 5.69 Å². The van der Waals surface area contributed by atoms with Crippen molar-refractivity contribution in [2.24, 2.45) is 0 Å². The lowest BCUT2D eigenvalue weighted by atomic mass is 10.2. The molecule has 0 saturated heterocycles. The number of nitrogens with one attached hydrogen (secondary N) is 1. The molecule has 3 rings (SSSR count). The van der Waals surface area contributed by atoms with Crippen molar-refractivity contribution in [3.63, 3.8) is 0 Å². The van der Waals surface area contributed by atoms with Gasteiger partial charge in [0.25, 0.3) is 0 Å². The Morgan fingerprint density at radius 3 is 2.45 bits per heavy atom. The maximum Gasteiger partial charge on any atom is 0.159 e. The SMILES string of the molecule is Cc1ccsc1CNc1cnc(-c2ccccc2)nc1. The fraction of sp³-hybridized carbons (Fsp3) is 0.125. The molecule has 0 unspecified atom stereocenters. The highest BCUT2D eigenvalue weighted by Gasteiger charge is 2.02. The second-order valence-electron chi connectivity index (χ2n) is 4.54. The summed E-state index contributed by atoms with van der Waals surface area (Å²) in [5, 5.41) is 5.46. The molecule has 0 atom stereocenters. The summed E-state index contributed by atoms with van der Waals surface area (Å²) < 4.78 is 0. The van der Waals surface area contributed by atoms with Crippen LogP contribution < -0.4 is 5.32 Å².